The molecule has 44 nitrogen and oxygen atoms in total. The summed E-state index contributed by atoms with van der Waals surface area (Å²) in [5, 5.41) is 111. The van der Waals surface area contributed by atoms with Gasteiger partial charge >= 0.3 is 23.9 Å². The van der Waals surface area contributed by atoms with E-state index < -0.39 is 288 Å². The van der Waals surface area contributed by atoms with E-state index in [4.69, 9.17) is 11.5 Å². The van der Waals surface area contributed by atoms with Crippen LogP contribution in [0, 0.1) is 11.8 Å². The number of primary amides is 1. The first kappa shape index (κ1) is 96.9. The first-order chi connectivity index (χ1) is 52.6. The summed E-state index contributed by atoms with van der Waals surface area (Å²) in [7, 11) is 0. The van der Waals surface area contributed by atoms with Crippen LogP contribution in [0.5, 0.6) is 0 Å². The standard InChI is InChI=1S/C67H103N17O27S/c1-31(2)21-42(58(101)72-27-51(92)76-44(67(110)111)23-34-24-70-37-10-8-7-9-35(34)37)79-64(107)46(29-86)82-60(103)39(11-15-48(69)89)74-50(91)26-73-59(102)45(28-85)81-63(106)43(22-32(3)4)80-65(108)47(30-87)83-61(104)40(13-17-53(95)96)75-49(90)25-71-57(100)38(12-16-52(93)94)77-62(105)41(14-18-54(97)98)78-66(109)55(33(5)88)84-56(99)36(68)19-20-112-6/h7-10,24,31-33,36,38-47,55,70,85-88H,11-23,25-30,68H2,1-6H3,(H2,69,89)(H,71,100)(H,72,101)(H,73,102)(H,74,91)(H,75,90)(H,76,92)(H,77,105)(H,78,109)(H,79,107)(H,80,108)(H,81,106)(H,82,103)(H,83,104)(H,84,99)(H,93,94)(H,95,96)(H,97,98)(H,110,111)/t33-,36+,38+,39+,40+,41+,42+,43+,44+,45+,46+,47+,55+/m1/s1. The Morgan fingerprint density at radius 2 is 0.759 bits per heavy atom. The van der Waals surface area contributed by atoms with E-state index in [1.165, 1.54) is 11.8 Å². The number of aliphatic hydroxyl groups is 4. The SMILES string of the molecule is CSCC[C@H](N)C(=O)N[C@H](C(=O)N[C@@H](CCC(=O)O)C(=O)N[C@@H](CCC(=O)O)C(=O)NCC(=O)N[C@@H](CCC(=O)O)C(=O)N[C@@H](CO)C(=O)N[C@@H](CC(C)C)C(=O)N[C@@H](CO)C(=O)NCC(=O)N[C@@H](CCC(N)=O)C(=O)N[C@@H](CO)C(=O)N[C@@H](CC(C)C)C(=O)NCC(=O)N[C@@H](Cc1c[nH]c2ccccc12)C(=O)O)[C@@H](C)O. The summed E-state index contributed by atoms with van der Waals surface area (Å²) < 4.78 is 0. The van der Waals surface area contributed by atoms with Crippen molar-refractivity contribution >= 4 is 135 Å². The van der Waals surface area contributed by atoms with Crippen molar-refractivity contribution in [2.75, 3.05) is 51.5 Å². The number of nitrogens with one attached hydrogen (secondary N) is 15. The number of fused-ring (bicyclic) bond motifs is 1. The Hall–Kier alpha value is -11.2. The lowest BCUT2D eigenvalue weighted by Crippen LogP contribution is -2.60. The monoisotopic (exact) mass is 1610 g/mol. The van der Waals surface area contributed by atoms with Gasteiger partial charge in [0, 0.05) is 49.2 Å². The molecule has 2 aromatic rings. The predicted molar refractivity (Wildman–Crippen MR) is 392 cm³/mol. The van der Waals surface area contributed by atoms with Gasteiger partial charge in [0.1, 0.15) is 66.5 Å². The second-order valence-electron chi connectivity index (χ2n) is 26.6. The van der Waals surface area contributed by atoms with Gasteiger partial charge in [0.15, 0.2) is 0 Å². The Morgan fingerprint density at radius 1 is 0.420 bits per heavy atom. The highest BCUT2D eigenvalue weighted by Gasteiger charge is 2.37. The minimum absolute atomic E-state index is 0.0627. The van der Waals surface area contributed by atoms with E-state index in [1.54, 1.807) is 64.4 Å². The largest absolute Gasteiger partial charge is 0.481 e. The quantitative estimate of drug-likeness (QED) is 0.0292. The van der Waals surface area contributed by atoms with Crippen LogP contribution in [0.3, 0.4) is 0 Å². The molecule has 0 unspecified atom stereocenters. The minimum atomic E-state index is -2.00. The number of carboxylic acids is 4. The number of para-hydroxylation sites is 1. The van der Waals surface area contributed by atoms with Crippen molar-refractivity contribution < 1.29 is 132 Å². The molecular formula is C67H103N17O27S. The number of carboxylic acid groups (broad SMARTS) is 4. The molecule has 0 aliphatic rings. The Balaban J connectivity index is 2.19. The molecule has 0 fully saturated rings. The number of aromatic nitrogens is 1. The van der Waals surface area contributed by atoms with E-state index in [2.05, 4.69) is 79.4 Å². The number of aromatic amines is 1. The van der Waals surface area contributed by atoms with Crippen LogP contribution < -0.4 is 85.9 Å². The summed E-state index contributed by atoms with van der Waals surface area (Å²) in [6.07, 6.45) is -4.13. The summed E-state index contributed by atoms with van der Waals surface area (Å²) in [5.74, 6) is -23.3. The number of carbonyl (C=O) groups is 19. The maximum absolute atomic E-state index is 13.8. The molecule has 2 rings (SSSR count). The van der Waals surface area contributed by atoms with Crippen LogP contribution in [0.4, 0.5) is 0 Å². The van der Waals surface area contributed by atoms with Crippen LogP contribution in [0.2, 0.25) is 0 Å². The first-order valence-corrected chi connectivity index (χ1v) is 36.7. The number of hydrogen-bond donors (Lipinski definition) is 25. The van der Waals surface area contributed by atoms with Gasteiger partial charge < -0.3 is 132 Å². The minimum Gasteiger partial charge on any atom is -0.481 e. The van der Waals surface area contributed by atoms with Crippen molar-refractivity contribution in [3.63, 3.8) is 0 Å². The highest BCUT2D eigenvalue weighted by atomic mass is 32.2. The van der Waals surface area contributed by atoms with Crippen LogP contribution in [0.1, 0.15) is 111 Å². The molecule has 15 amide bonds. The average molecular weight is 1610 g/mol. The molecule has 0 saturated heterocycles. The third-order valence-corrected chi connectivity index (χ3v) is 17.0. The van der Waals surface area contributed by atoms with Gasteiger partial charge in [0.2, 0.25) is 88.6 Å². The topological polar surface area (TPSA) is 722 Å². The molecule has 13 atom stereocenters. The van der Waals surface area contributed by atoms with Gasteiger partial charge in [-0.1, -0.05) is 45.9 Å². The highest BCUT2D eigenvalue weighted by Crippen LogP contribution is 2.20. The normalized spacial score (nSPS) is 14.6. The Kier molecular flexibility index (Phi) is 43.2. The highest BCUT2D eigenvalue weighted by molar-refractivity contribution is 7.98. The molecule has 27 N–H and O–H groups in total. The number of nitrogens with two attached hydrogens (primary N) is 2. The second kappa shape index (κ2) is 49.9. The van der Waals surface area contributed by atoms with Gasteiger partial charge in [0.05, 0.1) is 51.6 Å². The van der Waals surface area contributed by atoms with Crippen LogP contribution >= 0.6 is 11.8 Å². The lowest BCUT2D eigenvalue weighted by molar-refractivity contribution is -0.142. The van der Waals surface area contributed by atoms with Crippen molar-refractivity contribution in [2.45, 2.75) is 190 Å². The van der Waals surface area contributed by atoms with E-state index in [9.17, 15) is 132 Å². The van der Waals surface area contributed by atoms with Crippen molar-refractivity contribution in [1.82, 2.24) is 79.4 Å². The smallest absolute Gasteiger partial charge is 0.326 e. The molecule has 1 aromatic carbocycles. The van der Waals surface area contributed by atoms with Crippen LogP contribution in [0.15, 0.2) is 30.5 Å². The number of amides is 15. The molecule has 1 heterocycles. The second-order valence-corrected chi connectivity index (χ2v) is 27.6. The van der Waals surface area contributed by atoms with Gasteiger partial charge in [-0.2, -0.15) is 11.8 Å². The number of rotatable bonds is 54. The lowest BCUT2D eigenvalue weighted by Gasteiger charge is -2.27. The van der Waals surface area contributed by atoms with E-state index in [-0.39, 0.29) is 31.6 Å². The first-order valence-electron chi connectivity index (χ1n) is 35.3. The zero-order valence-electron chi connectivity index (χ0n) is 62.4. The van der Waals surface area contributed by atoms with Crippen LogP contribution in [0.25, 0.3) is 10.9 Å². The summed E-state index contributed by atoms with van der Waals surface area (Å²) >= 11 is 1.37. The fourth-order valence-electron chi connectivity index (χ4n) is 10.4. The van der Waals surface area contributed by atoms with Crippen molar-refractivity contribution in [3.8, 4) is 0 Å². The number of aliphatic carboxylic acids is 4. The number of H-pyrrole nitrogens is 1. The number of aliphatic hydroxyl groups excluding tert-OH is 4. The Bertz CT molecular complexity index is 3640. The van der Waals surface area contributed by atoms with Crippen molar-refractivity contribution in [1.29, 1.82) is 0 Å². The number of thioether (sulfide) groups is 1. The van der Waals surface area contributed by atoms with E-state index in [1.807, 2.05) is 0 Å². The molecule has 0 spiro atoms. The van der Waals surface area contributed by atoms with Gasteiger partial charge in [-0.05, 0) is 87.3 Å². The van der Waals surface area contributed by atoms with Gasteiger partial charge in [-0.25, -0.2) is 4.79 Å². The maximum atomic E-state index is 13.8. The summed E-state index contributed by atoms with van der Waals surface area (Å²) in [5.41, 5.74) is 12.5. The molecule has 0 aliphatic heterocycles. The van der Waals surface area contributed by atoms with Gasteiger partial charge in [-0.15, -0.1) is 0 Å². The van der Waals surface area contributed by atoms with Crippen molar-refractivity contribution in [3.05, 3.63) is 36.0 Å². The number of hydrogen-bond acceptors (Lipinski definition) is 25. The molecule has 624 valence electrons. The summed E-state index contributed by atoms with van der Waals surface area (Å²) in [6, 6.07) is -13.3. The van der Waals surface area contributed by atoms with Crippen molar-refractivity contribution in [2.24, 2.45) is 23.3 Å². The fourth-order valence-corrected chi connectivity index (χ4v) is 10.9. The zero-order chi connectivity index (χ0) is 84.6. The summed E-state index contributed by atoms with van der Waals surface area (Å²) in [4.78, 5) is 250. The Morgan fingerprint density at radius 3 is 1.16 bits per heavy atom. The number of carbonyl (C=O) groups excluding carboxylic acids is 15. The fraction of sp³-hybridized carbons (Fsp3) is 0.597. The summed E-state index contributed by atoms with van der Waals surface area (Å²) in [6.45, 7) is 1.27. The predicted octanol–water partition coefficient (Wildman–Crippen LogP) is -9.13. The third kappa shape index (κ3) is 36.1. The van der Waals surface area contributed by atoms with Crippen LogP contribution in [-0.4, -0.2) is 288 Å². The zero-order valence-corrected chi connectivity index (χ0v) is 63.2. The van der Waals surface area contributed by atoms with Gasteiger partial charge in [-0.3, -0.25) is 86.3 Å². The Labute approximate surface area is 645 Å². The lowest BCUT2D eigenvalue weighted by atomic mass is 10.0. The van der Waals surface area contributed by atoms with Crippen LogP contribution in [-0.2, 0) is 97.5 Å². The average Bonchev–Trinajstić information content (AvgIpc) is 1.68. The molecule has 0 aliphatic carbocycles. The molecule has 0 saturated carbocycles. The third-order valence-electron chi connectivity index (χ3n) is 16.4. The van der Waals surface area contributed by atoms with E-state index in [0.29, 0.717) is 11.3 Å². The van der Waals surface area contributed by atoms with Gasteiger partial charge in [0.25, 0.3) is 0 Å². The molecule has 0 radical (unpaired) electrons. The van der Waals surface area contributed by atoms with E-state index in [0.717, 1.165) is 17.8 Å². The molecule has 1 aromatic heterocycles. The number of benzene rings is 1. The molecule has 112 heavy (non-hydrogen) atoms. The molecule has 45 heteroatoms. The van der Waals surface area contributed by atoms with E-state index >= 15 is 0 Å². The molecular weight excluding hydrogens is 1510 g/mol. The maximum Gasteiger partial charge on any atom is 0.326 e. The molecule has 0 bridgehead atoms.